The standard InChI is InChI=1S/C7H12O2/c1-6(2)3-4-8-7-5-9-7/h7H,1,3-5H2,2H3. The van der Waals surface area contributed by atoms with Gasteiger partial charge < -0.3 is 9.47 Å². The van der Waals surface area contributed by atoms with E-state index in [1.807, 2.05) is 6.92 Å². The molecular formula is C7H12O2. The van der Waals surface area contributed by atoms with Gasteiger partial charge in [-0.2, -0.15) is 0 Å². The lowest BCUT2D eigenvalue weighted by Gasteiger charge is -1.97. The molecule has 0 N–H and O–H groups in total. The van der Waals surface area contributed by atoms with Crippen LogP contribution in [0.25, 0.3) is 0 Å². The van der Waals surface area contributed by atoms with Crippen molar-refractivity contribution < 1.29 is 9.47 Å². The van der Waals surface area contributed by atoms with Crippen LogP contribution in [0.15, 0.2) is 12.2 Å². The van der Waals surface area contributed by atoms with Crippen molar-refractivity contribution in [3.8, 4) is 0 Å². The minimum Gasteiger partial charge on any atom is -0.350 e. The van der Waals surface area contributed by atoms with E-state index in [0.717, 1.165) is 25.2 Å². The zero-order chi connectivity index (χ0) is 6.69. The van der Waals surface area contributed by atoms with Gasteiger partial charge in [0.2, 0.25) is 0 Å². The van der Waals surface area contributed by atoms with E-state index in [0.29, 0.717) is 0 Å². The van der Waals surface area contributed by atoms with Gasteiger partial charge in [-0.3, -0.25) is 0 Å². The molecule has 1 fully saturated rings. The topological polar surface area (TPSA) is 21.8 Å². The van der Waals surface area contributed by atoms with Gasteiger partial charge in [0.1, 0.15) is 6.61 Å². The molecule has 0 aromatic carbocycles. The summed E-state index contributed by atoms with van der Waals surface area (Å²) in [5.74, 6) is 0. The van der Waals surface area contributed by atoms with E-state index < -0.39 is 0 Å². The zero-order valence-electron chi connectivity index (χ0n) is 5.72. The van der Waals surface area contributed by atoms with E-state index in [4.69, 9.17) is 9.47 Å². The van der Waals surface area contributed by atoms with Gasteiger partial charge in [0, 0.05) is 0 Å². The molecule has 52 valence electrons. The second-order valence-electron chi connectivity index (χ2n) is 2.34. The highest BCUT2D eigenvalue weighted by Crippen LogP contribution is 2.10. The van der Waals surface area contributed by atoms with Crippen molar-refractivity contribution in [1.82, 2.24) is 0 Å². The Balaban J connectivity index is 1.86. The van der Waals surface area contributed by atoms with Gasteiger partial charge in [0.05, 0.1) is 6.61 Å². The van der Waals surface area contributed by atoms with Crippen LogP contribution in [0.3, 0.4) is 0 Å². The molecule has 1 atom stereocenters. The molecule has 0 bridgehead atoms. The lowest BCUT2D eigenvalue weighted by atomic mass is 10.3. The van der Waals surface area contributed by atoms with Crippen LogP contribution < -0.4 is 0 Å². The molecule has 1 heterocycles. The van der Waals surface area contributed by atoms with Gasteiger partial charge in [-0.25, -0.2) is 0 Å². The maximum Gasteiger partial charge on any atom is 0.181 e. The largest absolute Gasteiger partial charge is 0.350 e. The van der Waals surface area contributed by atoms with Gasteiger partial charge in [-0.05, 0) is 13.3 Å². The average molecular weight is 128 g/mol. The fourth-order valence-corrected chi connectivity index (χ4v) is 0.500. The molecule has 0 spiro atoms. The third-order valence-electron chi connectivity index (χ3n) is 1.14. The van der Waals surface area contributed by atoms with Crippen LogP contribution in [0.1, 0.15) is 13.3 Å². The van der Waals surface area contributed by atoms with Crippen molar-refractivity contribution in [1.29, 1.82) is 0 Å². The Labute approximate surface area is 55.5 Å². The molecule has 0 amide bonds. The Morgan fingerprint density at radius 1 is 1.89 bits per heavy atom. The maximum atomic E-state index is 5.18. The zero-order valence-corrected chi connectivity index (χ0v) is 5.72. The van der Waals surface area contributed by atoms with Crippen LogP contribution in [0.5, 0.6) is 0 Å². The second kappa shape index (κ2) is 2.99. The van der Waals surface area contributed by atoms with Gasteiger partial charge in [-0.15, -0.1) is 6.58 Å². The van der Waals surface area contributed by atoms with E-state index in [1.54, 1.807) is 0 Å². The third kappa shape index (κ3) is 3.27. The van der Waals surface area contributed by atoms with Crippen LogP contribution in [-0.4, -0.2) is 19.5 Å². The summed E-state index contributed by atoms with van der Waals surface area (Å²) in [5, 5.41) is 0. The lowest BCUT2D eigenvalue weighted by molar-refractivity contribution is 0.0524. The first-order chi connectivity index (χ1) is 4.29. The molecule has 2 nitrogen and oxygen atoms in total. The Morgan fingerprint density at radius 2 is 2.56 bits per heavy atom. The summed E-state index contributed by atoms with van der Waals surface area (Å²) in [6.07, 6.45) is 1.05. The van der Waals surface area contributed by atoms with Crippen molar-refractivity contribution in [2.45, 2.75) is 19.6 Å². The fourth-order valence-electron chi connectivity index (χ4n) is 0.500. The van der Waals surface area contributed by atoms with Gasteiger partial charge in [-0.1, -0.05) is 5.57 Å². The van der Waals surface area contributed by atoms with E-state index in [1.165, 1.54) is 0 Å². The minimum atomic E-state index is 0.101. The molecule has 0 aromatic heterocycles. The highest BCUT2D eigenvalue weighted by molar-refractivity contribution is 4.87. The first-order valence-corrected chi connectivity index (χ1v) is 3.16. The van der Waals surface area contributed by atoms with Crippen LogP contribution in [0.2, 0.25) is 0 Å². The molecule has 0 aliphatic carbocycles. The summed E-state index contributed by atoms with van der Waals surface area (Å²) in [6, 6.07) is 0. The quantitative estimate of drug-likeness (QED) is 0.421. The molecule has 1 unspecified atom stereocenters. The number of ether oxygens (including phenoxy) is 2. The highest BCUT2D eigenvalue weighted by atomic mass is 16.8. The number of hydrogen-bond acceptors (Lipinski definition) is 2. The van der Waals surface area contributed by atoms with E-state index in [2.05, 4.69) is 6.58 Å². The summed E-state index contributed by atoms with van der Waals surface area (Å²) >= 11 is 0. The Kier molecular flexibility index (Phi) is 2.25. The van der Waals surface area contributed by atoms with Crippen LogP contribution in [-0.2, 0) is 9.47 Å². The van der Waals surface area contributed by atoms with Gasteiger partial charge >= 0.3 is 0 Å². The average Bonchev–Trinajstić information content (AvgIpc) is 2.48. The molecule has 1 rings (SSSR count). The van der Waals surface area contributed by atoms with Gasteiger partial charge in [0.25, 0.3) is 0 Å². The van der Waals surface area contributed by atoms with Crippen LogP contribution in [0, 0.1) is 0 Å². The second-order valence-corrected chi connectivity index (χ2v) is 2.34. The fraction of sp³-hybridized carbons (Fsp3) is 0.714. The first-order valence-electron chi connectivity index (χ1n) is 3.16. The SMILES string of the molecule is C=C(C)CCOC1CO1. The summed E-state index contributed by atoms with van der Waals surface area (Å²) in [7, 11) is 0. The maximum absolute atomic E-state index is 5.18. The number of rotatable bonds is 4. The molecule has 1 aliphatic heterocycles. The Bertz CT molecular complexity index is 105. The molecule has 0 saturated carbocycles. The summed E-state index contributed by atoms with van der Waals surface area (Å²) in [6.45, 7) is 7.27. The van der Waals surface area contributed by atoms with E-state index in [9.17, 15) is 0 Å². The minimum absolute atomic E-state index is 0.101. The van der Waals surface area contributed by atoms with Crippen LogP contribution in [0.4, 0.5) is 0 Å². The predicted molar refractivity (Wildman–Crippen MR) is 35.1 cm³/mol. The summed E-state index contributed by atoms with van der Waals surface area (Å²) < 4.78 is 10.0. The monoisotopic (exact) mass is 128 g/mol. The van der Waals surface area contributed by atoms with Crippen molar-refractivity contribution >= 4 is 0 Å². The van der Waals surface area contributed by atoms with Crippen LogP contribution >= 0.6 is 0 Å². The third-order valence-corrected chi connectivity index (χ3v) is 1.14. The Morgan fingerprint density at radius 3 is 3.00 bits per heavy atom. The molecule has 2 heteroatoms. The lowest BCUT2D eigenvalue weighted by Crippen LogP contribution is -1.97. The van der Waals surface area contributed by atoms with E-state index in [-0.39, 0.29) is 6.29 Å². The summed E-state index contributed by atoms with van der Waals surface area (Å²) in [5.41, 5.74) is 1.16. The van der Waals surface area contributed by atoms with Gasteiger partial charge in [0.15, 0.2) is 6.29 Å². The normalized spacial score (nSPS) is 23.9. The first kappa shape index (κ1) is 6.78. The Hall–Kier alpha value is -0.340. The molecule has 9 heavy (non-hydrogen) atoms. The molecule has 0 aromatic rings. The number of hydrogen-bond donors (Lipinski definition) is 0. The van der Waals surface area contributed by atoms with Crippen molar-refractivity contribution in [2.75, 3.05) is 13.2 Å². The molecule has 1 aliphatic rings. The smallest absolute Gasteiger partial charge is 0.181 e. The van der Waals surface area contributed by atoms with Crippen molar-refractivity contribution in [2.24, 2.45) is 0 Å². The number of epoxide rings is 1. The molecule has 0 radical (unpaired) electrons. The summed E-state index contributed by atoms with van der Waals surface area (Å²) in [4.78, 5) is 0. The molecule has 1 saturated heterocycles. The predicted octanol–water partition coefficient (Wildman–Crippen LogP) is 1.33. The van der Waals surface area contributed by atoms with E-state index >= 15 is 0 Å². The van der Waals surface area contributed by atoms with Crippen molar-refractivity contribution in [3.63, 3.8) is 0 Å². The van der Waals surface area contributed by atoms with Crippen molar-refractivity contribution in [3.05, 3.63) is 12.2 Å². The molecular weight excluding hydrogens is 116 g/mol. The highest BCUT2D eigenvalue weighted by Gasteiger charge is 2.22.